The summed E-state index contributed by atoms with van der Waals surface area (Å²) in [5.74, 6) is -5.76. The molecule has 11 heteroatoms. The molecule has 0 aliphatic rings. The number of rotatable bonds is 7. The first-order valence-corrected chi connectivity index (χ1v) is 10.5. The Labute approximate surface area is 198 Å². The minimum Gasteiger partial charge on any atom is -0.486 e. The predicted molar refractivity (Wildman–Crippen MR) is 118 cm³/mol. The molecular weight excluding hydrogens is 557 g/mol. The van der Waals surface area contributed by atoms with Gasteiger partial charge in [0, 0.05) is 21.4 Å². The van der Waals surface area contributed by atoms with Crippen LogP contribution in [0, 0.1) is 26.8 Å². The van der Waals surface area contributed by atoms with E-state index in [4.69, 9.17) is 9.15 Å². The first-order valence-electron chi connectivity index (χ1n) is 9.43. The van der Waals surface area contributed by atoms with Crippen molar-refractivity contribution >= 4 is 34.2 Å². The van der Waals surface area contributed by atoms with Gasteiger partial charge in [0.1, 0.15) is 23.9 Å². The molecule has 6 nitrogen and oxygen atoms in total. The summed E-state index contributed by atoms with van der Waals surface area (Å²) in [5, 5.41) is 6.40. The monoisotopic (exact) mass is 571 g/mol. The highest BCUT2D eigenvalue weighted by Crippen LogP contribution is 2.21. The number of aromatic nitrogens is 2. The predicted octanol–water partition coefficient (Wildman–Crippen LogP) is 5.52. The fourth-order valence-corrected chi connectivity index (χ4v) is 3.24. The Morgan fingerprint density at radius 3 is 2.58 bits per heavy atom. The zero-order chi connectivity index (χ0) is 23.5. The first kappa shape index (κ1) is 22.8. The van der Waals surface area contributed by atoms with Gasteiger partial charge >= 0.3 is 0 Å². The molecule has 0 unspecified atom stereocenters. The Hall–Kier alpha value is -3.35. The number of ether oxygens (including phenoxy) is 1. The van der Waals surface area contributed by atoms with Crippen molar-refractivity contribution in [3.8, 4) is 5.75 Å². The minimum atomic E-state index is -1.77. The van der Waals surface area contributed by atoms with E-state index in [2.05, 4.69) is 33.0 Å². The maximum absolute atomic E-state index is 13.8. The molecule has 2 aromatic carbocycles. The van der Waals surface area contributed by atoms with Crippen molar-refractivity contribution in [2.24, 2.45) is 0 Å². The number of anilines is 1. The van der Waals surface area contributed by atoms with Crippen LogP contribution in [0.25, 0.3) is 0 Å². The third-order valence-corrected chi connectivity index (χ3v) is 5.22. The lowest BCUT2D eigenvalue weighted by atomic mass is 10.2. The van der Waals surface area contributed by atoms with Gasteiger partial charge in [0.2, 0.25) is 0 Å². The number of hydrogen-bond acceptors (Lipinski definition) is 4. The van der Waals surface area contributed by atoms with Crippen molar-refractivity contribution in [2.45, 2.75) is 13.2 Å². The van der Waals surface area contributed by atoms with Gasteiger partial charge in [-0.2, -0.15) is 5.10 Å². The summed E-state index contributed by atoms with van der Waals surface area (Å²) in [5.41, 5.74) is -0.491. The van der Waals surface area contributed by atoms with E-state index < -0.39 is 41.3 Å². The number of amides is 1. The normalized spacial score (nSPS) is 10.9. The van der Waals surface area contributed by atoms with Gasteiger partial charge in [0.15, 0.2) is 23.2 Å². The first-order chi connectivity index (χ1) is 15.8. The van der Waals surface area contributed by atoms with Crippen molar-refractivity contribution in [1.82, 2.24) is 9.78 Å². The third kappa shape index (κ3) is 5.35. The van der Waals surface area contributed by atoms with Gasteiger partial charge in [0.25, 0.3) is 5.91 Å². The van der Waals surface area contributed by atoms with Crippen LogP contribution in [0.15, 0.2) is 59.3 Å². The number of carbonyl (C=O) groups excluding carboxylic acids is 1. The van der Waals surface area contributed by atoms with Gasteiger partial charge < -0.3 is 14.5 Å². The third-order valence-electron chi connectivity index (χ3n) is 4.50. The number of nitrogens with one attached hydrogen (secondary N) is 1. The van der Waals surface area contributed by atoms with E-state index in [0.717, 1.165) is 8.25 Å². The Morgan fingerprint density at radius 2 is 1.82 bits per heavy atom. The lowest BCUT2D eigenvalue weighted by Gasteiger charge is -2.07. The van der Waals surface area contributed by atoms with Crippen LogP contribution in [0.3, 0.4) is 0 Å². The molecule has 0 spiro atoms. The molecule has 170 valence electrons. The van der Waals surface area contributed by atoms with Crippen LogP contribution in [-0.4, -0.2) is 15.7 Å². The molecule has 0 aliphatic carbocycles. The average molecular weight is 571 g/mol. The number of nitrogens with zero attached hydrogens (tertiary/aromatic N) is 2. The topological polar surface area (TPSA) is 69.3 Å². The minimum absolute atomic E-state index is 0.0154. The molecule has 4 aromatic rings. The molecule has 0 saturated heterocycles. The smallest absolute Gasteiger partial charge is 0.291 e. The number of hydrogen-bond donors (Lipinski definition) is 1. The molecule has 0 radical (unpaired) electrons. The van der Waals surface area contributed by atoms with Gasteiger partial charge in [-0.25, -0.2) is 17.6 Å². The van der Waals surface area contributed by atoms with Crippen molar-refractivity contribution in [3.63, 3.8) is 0 Å². The molecule has 2 heterocycles. The highest BCUT2D eigenvalue weighted by Gasteiger charge is 2.20. The summed E-state index contributed by atoms with van der Waals surface area (Å²) in [7, 11) is 0. The second-order valence-electron chi connectivity index (χ2n) is 6.84. The van der Waals surface area contributed by atoms with E-state index in [1.807, 2.05) is 24.3 Å². The van der Waals surface area contributed by atoms with Crippen LogP contribution in [0.2, 0.25) is 0 Å². The number of carbonyl (C=O) groups is 1. The molecular formula is C22H14F4IN3O3. The van der Waals surface area contributed by atoms with Crippen molar-refractivity contribution in [2.75, 3.05) is 5.32 Å². The van der Waals surface area contributed by atoms with E-state index in [9.17, 15) is 22.4 Å². The van der Waals surface area contributed by atoms with E-state index in [-0.39, 0.29) is 24.1 Å². The standard InChI is InChI=1S/C22H14F4IN3O3/c23-17-7-18(24)21(26)20(25)16(17)10-30-9-13(8-28-30)29-22(31)19-6-5-15(33-19)11-32-14-3-1-12(27)2-4-14/h1-9H,10-11H2,(H,29,31). The zero-order valence-corrected chi connectivity index (χ0v) is 18.8. The lowest BCUT2D eigenvalue weighted by molar-refractivity contribution is 0.0992. The quantitative estimate of drug-likeness (QED) is 0.137. The molecule has 1 N–H and O–H groups in total. The Balaban J connectivity index is 1.37. The van der Waals surface area contributed by atoms with Crippen molar-refractivity contribution in [1.29, 1.82) is 0 Å². The molecule has 1 amide bonds. The zero-order valence-electron chi connectivity index (χ0n) is 16.6. The largest absolute Gasteiger partial charge is 0.486 e. The Morgan fingerprint density at radius 1 is 1.06 bits per heavy atom. The molecule has 0 aliphatic heterocycles. The number of benzene rings is 2. The summed E-state index contributed by atoms with van der Waals surface area (Å²) < 4.78 is 67.4. The summed E-state index contributed by atoms with van der Waals surface area (Å²) in [6.07, 6.45) is 2.51. The van der Waals surface area contributed by atoms with Crippen LogP contribution in [0.1, 0.15) is 21.9 Å². The molecule has 4 rings (SSSR count). The Bertz CT molecular complexity index is 1300. The maximum atomic E-state index is 13.8. The molecule has 33 heavy (non-hydrogen) atoms. The fourth-order valence-electron chi connectivity index (χ4n) is 2.88. The van der Waals surface area contributed by atoms with Crippen LogP contribution in [0.5, 0.6) is 5.75 Å². The number of halogens is 5. The van der Waals surface area contributed by atoms with Gasteiger partial charge in [-0.15, -0.1) is 0 Å². The highest BCUT2D eigenvalue weighted by atomic mass is 127. The van der Waals surface area contributed by atoms with Gasteiger partial charge in [-0.05, 0) is 59.0 Å². The van der Waals surface area contributed by atoms with Crippen molar-refractivity contribution in [3.05, 3.63) is 98.8 Å². The van der Waals surface area contributed by atoms with Crippen LogP contribution >= 0.6 is 22.6 Å². The second kappa shape index (κ2) is 9.65. The maximum Gasteiger partial charge on any atom is 0.291 e. The molecule has 0 bridgehead atoms. The van der Waals surface area contributed by atoms with E-state index in [0.29, 0.717) is 11.5 Å². The van der Waals surface area contributed by atoms with E-state index in [1.54, 1.807) is 6.07 Å². The number of furan rings is 1. The fraction of sp³-hybridized carbons (Fsp3) is 0.0909. The Kier molecular flexibility index (Phi) is 6.67. The van der Waals surface area contributed by atoms with Crippen molar-refractivity contribution < 1.29 is 31.5 Å². The van der Waals surface area contributed by atoms with E-state index in [1.165, 1.54) is 18.5 Å². The molecule has 0 fully saturated rings. The van der Waals surface area contributed by atoms with Crippen LogP contribution in [0.4, 0.5) is 23.2 Å². The van der Waals surface area contributed by atoms with Gasteiger partial charge in [-0.1, -0.05) is 0 Å². The second-order valence-corrected chi connectivity index (χ2v) is 8.08. The molecule has 0 atom stereocenters. The summed E-state index contributed by atoms with van der Waals surface area (Å²) in [6, 6.07) is 10.7. The molecule has 0 saturated carbocycles. The van der Waals surface area contributed by atoms with Crippen LogP contribution < -0.4 is 10.1 Å². The van der Waals surface area contributed by atoms with Gasteiger partial charge in [0.05, 0.1) is 18.4 Å². The van der Waals surface area contributed by atoms with Gasteiger partial charge in [-0.3, -0.25) is 9.48 Å². The SMILES string of the molecule is O=C(Nc1cnn(Cc2c(F)cc(F)c(F)c2F)c1)c1ccc(COc2ccc(I)cc2)o1. The lowest BCUT2D eigenvalue weighted by Crippen LogP contribution is -2.11. The van der Waals surface area contributed by atoms with E-state index >= 15 is 0 Å². The summed E-state index contributed by atoms with van der Waals surface area (Å²) in [4.78, 5) is 12.4. The molecule has 2 aromatic heterocycles. The van der Waals surface area contributed by atoms with Crippen LogP contribution in [-0.2, 0) is 13.2 Å². The average Bonchev–Trinajstić information content (AvgIpc) is 3.44. The highest BCUT2D eigenvalue weighted by molar-refractivity contribution is 14.1. The summed E-state index contributed by atoms with van der Waals surface area (Å²) >= 11 is 2.18. The summed E-state index contributed by atoms with van der Waals surface area (Å²) in [6.45, 7) is -0.386.